The van der Waals surface area contributed by atoms with Crippen molar-refractivity contribution in [3.63, 3.8) is 0 Å². The Bertz CT molecular complexity index is 141. The quantitative estimate of drug-likeness (QED) is 0.578. The van der Waals surface area contributed by atoms with Crippen molar-refractivity contribution in [2.45, 2.75) is 19.3 Å². The molecule has 1 fully saturated rings. The number of nitrogens with two attached hydrogens (primary N) is 1. The van der Waals surface area contributed by atoms with Crippen LogP contribution in [0.5, 0.6) is 0 Å². The van der Waals surface area contributed by atoms with E-state index in [9.17, 15) is 4.79 Å². The second-order valence-corrected chi connectivity index (χ2v) is 2.81. The number of esters is 1. The zero-order valence-corrected chi connectivity index (χ0v) is 6.22. The molecule has 0 bridgehead atoms. The first-order chi connectivity index (χ1) is 4.75. The van der Waals surface area contributed by atoms with Gasteiger partial charge in [0.2, 0.25) is 0 Å². The lowest BCUT2D eigenvalue weighted by Gasteiger charge is -2.09. The SMILES string of the molecule is COC(=O)C1(CCN)CC1. The summed E-state index contributed by atoms with van der Waals surface area (Å²) in [4.78, 5) is 11.0. The molecule has 3 heteroatoms. The summed E-state index contributed by atoms with van der Waals surface area (Å²) >= 11 is 0. The zero-order valence-electron chi connectivity index (χ0n) is 6.22. The van der Waals surface area contributed by atoms with Crippen LogP contribution in [0.4, 0.5) is 0 Å². The molecule has 0 heterocycles. The van der Waals surface area contributed by atoms with Crippen molar-refractivity contribution in [2.24, 2.45) is 11.1 Å². The number of hydrogen-bond donors (Lipinski definition) is 1. The van der Waals surface area contributed by atoms with E-state index in [4.69, 9.17) is 5.73 Å². The molecule has 1 aliphatic carbocycles. The monoisotopic (exact) mass is 143 g/mol. The molecular weight excluding hydrogens is 130 g/mol. The molecule has 1 saturated carbocycles. The average Bonchev–Trinajstić information content (AvgIpc) is 2.69. The Morgan fingerprint density at radius 1 is 1.70 bits per heavy atom. The Hall–Kier alpha value is -0.570. The van der Waals surface area contributed by atoms with Crippen LogP contribution in [-0.4, -0.2) is 19.6 Å². The van der Waals surface area contributed by atoms with Crippen molar-refractivity contribution in [3.8, 4) is 0 Å². The Kier molecular flexibility index (Phi) is 1.94. The molecule has 3 nitrogen and oxygen atoms in total. The van der Waals surface area contributed by atoms with E-state index in [1.807, 2.05) is 0 Å². The molecule has 0 aliphatic heterocycles. The van der Waals surface area contributed by atoms with Crippen molar-refractivity contribution in [2.75, 3.05) is 13.7 Å². The van der Waals surface area contributed by atoms with Crippen LogP contribution in [0.25, 0.3) is 0 Å². The second-order valence-electron chi connectivity index (χ2n) is 2.81. The van der Waals surface area contributed by atoms with Gasteiger partial charge in [-0.2, -0.15) is 0 Å². The molecule has 0 aromatic carbocycles. The molecule has 0 amide bonds. The molecule has 0 unspecified atom stereocenters. The summed E-state index contributed by atoms with van der Waals surface area (Å²) in [5.74, 6) is -0.0852. The van der Waals surface area contributed by atoms with Crippen molar-refractivity contribution in [1.82, 2.24) is 0 Å². The van der Waals surface area contributed by atoms with Crippen LogP contribution < -0.4 is 5.73 Å². The number of methoxy groups -OCH3 is 1. The van der Waals surface area contributed by atoms with E-state index in [1.54, 1.807) is 0 Å². The third kappa shape index (κ3) is 1.14. The largest absolute Gasteiger partial charge is 0.469 e. The molecule has 1 rings (SSSR count). The van der Waals surface area contributed by atoms with Gasteiger partial charge < -0.3 is 10.5 Å². The summed E-state index contributed by atoms with van der Waals surface area (Å²) < 4.78 is 4.64. The van der Waals surface area contributed by atoms with Gasteiger partial charge in [0.1, 0.15) is 0 Å². The Morgan fingerprint density at radius 3 is 2.60 bits per heavy atom. The van der Waals surface area contributed by atoms with Gasteiger partial charge in [0.15, 0.2) is 0 Å². The van der Waals surface area contributed by atoms with Gasteiger partial charge in [0.25, 0.3) is 0 Å². The number of carbonyl (C=O) groups is 1. The summed E-state index contributed by atoms with van der Waals surface area (Å²) in [6.07, 6.45) is 2.69. The van der Waals surface area contributed by atoms with E-state index < -0.39 is 0 Å². The van der Waals surface area contributed by atoms with Gasteiger partial charge in [-0.1, -0.05) is 0 Å². The molecule has 10 heavy (non-hydrogen) atoms. The molecule has 0 spiro atoms. The van der Waals surface area contributed by atoms with Crippen LogP contribution in [0.3, 0.4) is 0 Å². The zero-order chi connectivity index (χ0) is 7.61. The Labute approximate surface area is 60.5 Å². The van der Waals surface area contributed by atoms with Gasteiger partial charge in [-0.3, -0.25) is 4.79 Å². The molecule has 0 radical (unpaired) electrons. The highest BCUT2D eigenvalue weighted by atomic mass is 16.5. The molecule has 0 aromatic rings. The summed E-state index contributed by atoms with van der Waals surface area (Å²) in [5, 5.41) is 0. The standard InChI is InChI=1S/C7H13NO2/c1-10-6(9)7(2-3-7)4-5-8/h2-5,8H2,1H3. The molecule has 1 aliphatic rings. The molecule has 0 saturated heterocycles. The van der Waals surface area contributed by atoms with Crippen LogP contribution in [0.1, 0.15) is 19.3 Å². The predicted octanol–water partition coefficient (Wildman–Crippen LogP) is 0.288. The second kappa shape index (κ2) is 2.58. The van der Waals surface area contributed by atoms with Gasteiger partial charge >= 0.3 is 5.97 Å². The maximum atomic E-state index is 11.0. The van der Waals surface area contributed by atoms with Crippen LogP contribution in [0.2, 0.25) is 0 Å². The fraction of sp³-hybridized carbons (Fsp3) is 0.857. The van der Waals surface area contributed by atoms with Crippen LogP contribution >= 0.6 is 0 Å². The maximum absolute atomic E-state index is 11.0. The van der Waals surface area contributed by atoms with Crippen molar-refractivity contribution in [1.29, 1.82) is 0 Å². The average molecular weight is 143 g/mol. The van der Waals surface area contributed by atoms with Gasteiger partial charge in [-0.05, 0) is 25.8 Å². The first-order valence-corrected chi connectivity index (χ1v) is 3.54. The Balaban J connectivity index is 2.43. The van der Waals surface area contributed by atoms with Crippen molar-refractivity contribution < 1.29 is 9.53 Å². The molecule has 2 N–H and O–H groups in total. The lowest BCUT2D eigenvalue weighted by atomic mass is 10.0. The number of carbonyl (C=O) groups excluding carboxylic acids is 1. The lowest BCUT2D eigenvalue weighted by Crippen LogP contribution is -2.20. The van der Waals surface area contributed by atoms with Gasteiger partial charge in [0.05, 0.1) is 12.5 Å². The van der Waals surface area contributed by atoms with Crippen molar-refractivity contribution >= 4 is 5.97 Å². The minimum absolute atomic E-state index is 0.0852. The maximum Gasteiger partial charge on any atom is 0.311 e. The number of hydrogen-bond acceptors (Lipinski definition) is 3. The third-order valence-corrected chi connectivity index (χ3v) is 2.09. The fourth-order valence-corrected chi connectivity index (χ4v) is 1.20. The molecule has 0 atom stereocenters. The predicted molar refractivity (Wildman–Crippen MR) is 37.4 cm³/mol. The normalized spacial score (nSPS) is 20.2. The molecule has 0 aromatic heterocycles. The smallest absolute Gasteiger partial charge is 0.311 e. The summed E-state index contributed by atoms with van der Waals surface area (Å²) in [6, 6.07) is 0. The van der Waals surface area contributed by atoms with Crippen molar-refractivity contribution in [3.05, 3.63) is 0 Å². The highest BCUT2D eigenvalue weighted by molar-refractivity contribution is 5.79. The first-order valence-electron chi connectivity index (χ1n) is 3.54. The highest BCUT2D eigenvalue weighted by Crippen LogP contribution is 2.49. The topological polar surface area (TPSA) is 52.3 Å². The summed E-state index contributed by atoms with van der Waals surface area (Å²) in [7, 11) is 1.43. The van der Waals surface area contributed by atoms with Gasteiger partial charge in [-0.25, -0.2) is 0 Å². The summed E-state index contributed by atoms with van der Waals surface area (Å²) in [5.41, 5.74) is 5.16. The fourth-order valence-electron chi connectivity index (χ4n) is 1.20. The van der Waals surface area contributed by atoms with E-state index >= 15 is 0 Å². The van der Waals surface area contributed by atoms with Crippen LogP contribution in [0, 0.1) is 5.41 Å². The minimum Gasteiger partial charge on any atom is -0.469 e. The lowest BCUT2D eigenvalue weighted by molar-refractivity contribution is -0.147. The van der Waals surface area contributed by atoms with E-state index in [1.165, 1.54) is 7.11 Å². The summed E-state index contributed by atoms with van der Waals surface area (Å²) in [6.45, 7) is 0.578. The van der Waals surface area contributed by atoms with E-state index in [0.717, 1.165) is 19.3 Å². The highest BCUT2D eigenvalue weighted by Gasteiger charge is 2.49. The Morgan fingerprint density at radius 2 is 2.30 bits per heavy atom. The van der Waals surface area contributed by atoms with E-state index in [2.05, 4.69) is 4.74 Å². The molecule has 58 valence electrons. The van der Waals surface area contributed by atoms with Crippen LogP contribution in [0.15, 0.2) is 0 Å². The number of ether oxygens (including phenoxy) is 1. The van der Waals surface area contributed by atoms with E-state index in [0.29, 0.717) is 6.54 Å². The number of rotatable bonds is 3. The van der Waals surface area contributed by atoms with Gasteiger partial charge in [0, 0.05) is 0 Å². The van der Waals surface area contributed by atoms with E-state index in [-0.39, 0.29) is 11.4 Å². The first kappa shape index (κ1) is 7.54. The molecular formula is C7H13NO2. The minimum atomic E-state index is -0.177. The van der Waals surface area contributed by atoms with Crippen LogP contribution in [-0.2, 0) is 9.53 Å². The third-order valence-electron chi connectivity index (χ3n) is 2.09. The van der Waals surface area contributed by atoms with Gasteiger partial charge in [-0.15, -0.1) is 0 Å².